The number of carbonyl (C=O) groups excluding carboxylic acids is 2. The molecule has 0 saturated heterocycles. The van der Waals surface area contributed by atoms with Crippen LogP contribution in [-0.2, 0) is 11.4 Å². The molecule has 0 bridgehead atoms. The summed E-state index contributed by atoms with van der Waals surface area (Å²) < 4.78 is 24.2. The summed E-state index contributed by atoms with van der Waals surface area (Å²) >= 11 is 2.07. The highest BCUT2D eigenvalue weighted by molar-refractivity contribution is 14.1. The van der Waals surface area contributed by atoms with Crippen molar-refractivity contribution in [3.8, 4) is 17.2 Å². The first kappa shape index (κ1) is 34.0. The van der Waals surface area contributed by atoms with E-state index in [4.69, 9.17) is 18.6 Å². The number of nitrogens with one attached hydrogen (secondary N) is 1. The second-order valence-corrected chi connectivity index (χ2v) is 12.8. The topological polar surface area (TPSA) is 151 Å². The van der Waals surface area contributed by atoms with Crippen LogP contribution in [0.2, 0.25) is 0 Å². The lowest BCUT2D eigenvalue weighted by atomic mass is 9.86. The Balaban J connectivity index is 1.57. The number of fused-ring (bicyclic) bond motifs is 1. The smallest absolute Gasteiger partial charge is 0.290 e. The molecule has 1 aromatic heterocycles. The number of nitrogens with zero attached hydrogens (tertiary/aromatic N) is 1. The van der Waals surface area contributed by atoms with Gasteiger partial charge >= 0.3 is 0 Å². The largest absolute Gasteiger partial charge is 0.493 e. The molecule has 0 aliphatic heterocycles. The minimum Gasteiger partial charge on any atom is -0.493 e. The van der Waals surface area contributed by atoms with Crippen LogP contribution < -0.4 is 19.5 Å². The minimum absolute atomic E-state index is 0.0509. The van der Waals surface area contributed by atoms with E-state index in [-0.39, 0.29) is 43.9 Å². The second-order valence-electron chi connectivity index (χ2n) is 11.6. The van der Waals surface area contributed by atoms with Gasteiger partial charge in [0.2, 0.25) is 5.91 Å². The summed E-state index contributed by atoms with van der Waals surface area (Å²) in [5.74, 6) is 0.518. The summed E-state index contributed by atoms with van der Waals surface area (Å²) in [6, 6.07) is 9.48. The van der Waals surface area contributed by atoms with Crippen LogP contribution in [0.1, 0.15) is 61.1 Å². The number of aliphatic hydroxyl groups excluding tert-OH is 3. The third-order valence-electron chi connectivity index (χ3n) is 8.69. The van der Waals surface area contributed by atoms with Crippen LogP contribution in [0, 0.1) is 3.57 Å². The molecular formula is C34H41IN2O9. The maximum absolute atomic E-state index is 14.6. The van der Waals surface area contributed by atoms with Gasteiger partial charge in [-0.25, -0.2) is 0 Å². The maximum atomic E-state index is 14.6. The molecule has 3 atom stereocenters. The molecule has 12 heteroatoms. The number of hydrogen-bond acceptors (Lipinski definition) is 9. The highest BCUT2D eigenvalue weighted by Gasteiger charge is 2.44. The highest BCUT2D eigenvalue weighted by atomic mass is 127. The average Bonchev–Trinajstić information content (AvgIpc) is 3.34. The Morgan fingerprint density at radius 2 is 1.78 bits per heavy atom. The molecule has 4 N–H and O–H groups in total. The van der Waals surface area contributed by atoms with Gasteiger partial charge in [0.1, 0.15) is 12.2 Å². The number of para-hydroxylation sites is 1. The lowest BCUT2D eigenvalue weighted by molar-refractivity contribution is -0.118. The summed E-state index contributed by atoms with van der Waals surface area (Å²) in [5.41, 5.74) is 1.41. The van der Waals surface area contributed by atoms with Crippen molar-refractivity contribution in [3.05, 3.63) is 62.9 Å². The maximum Gasteiger partial charge on any atom is 0.290 e. The molecule has 11 nitrogen and oxygen atoms in total. The van der Waals surface area contributed by atoms with E-state index in [1.807, 2.05) is 12.1 Å². The third kappa shape index (κ3) is 7.29. The van der Waals surface area contributed by atoms with Gasteiger partial charge in [-0.15, -0.1) is 0 Å². The summed E-state index contributed by atoms with van der Waals surface area (Å²) in [6.07, 6.45) is 4.84. The minimum atomic E-state index is -1.22. The lowest BCUT2D eigenvalue weighted by Crippen LogP contribution is -2.58. The molecule has 0 spiro atoms. The number of halogens is 1. The van der Waals surface area contributed by atoms with Gasteiger partial charge < -0.3 is 44.2 Å². The molecular weight excluding hydrogens is 707 g/mol. The van der Waals surface area contributed by atoms with E-state index in [9.17, 15) is 24.9 Å². The first-order valence-electron chi connectivity index (χ1n) is 15.6. The quantitative estimate of drug-likeness (QED) is 0.166. The van der Waals surface area contributed by atoms with Crippen LogP contribution in [-0.4, -0.2) is 83.7 Å². The van der Waals surface area contributed by atoms with Crippen LogP contribution in [0.5, 0.6) is 17.2 Å². The molecule has 2 aliphatic rings. The van der Waals surface area contributed by atoms with Gasteiger partial charge in [0, 0.05) is 30.0 Å². The molecule has 46 heavy (non-hydrogen) atoms. The summed E-state index contributed by atoms with van der Waals surface area (Å²) in [4.78, 5) is 29.6. The van der Waals surface area contributed by atoms with Crippen molar-refractivity contribution < 1.29 is 43.5 Å². The predicted molar refractivity (Wildman–Crippen MR) is 179 cm³/mol. The van der Waals surface area contributed by atoms with E-state index in [2.05, 4.69) is 27.9 Å². The third-order valence-corrected chi connectivity index (χ3v) is 9.49. The fraction of sp³-hybridized carbons (Fsp3) is 0.471. The first-order chi connectivity index (χ1) is 22.3. The molecule has 2 amide bonds. The van der Waals surface area contributed by atoms with Crippen molar-refractivity contribution in [2.45, 2.75) is 75.8 Å². The van der Waals surface area contributed by atoms with Gasteiger partial charge in [0.05, 0.1) is 37.0 Å². The zero-order valence-electron chi connectivity index (χ0n) is 26.0. The lowest BCUT2D eigenvalue weighted by Gasteiger charge is -2.43. The summed E-state index contributed by atoms with van der Waals surface area (Å²) in [7, 11) is 3.02. The fourth-order valence-electron chi connectivity index (χ4n) is 6.42. The van der Waals surface area contributed by atoms with Crippen molar-refractivity contribution in [3.63, 3.8) is 0 Å². The number of carbonyl (C=O) groups is 2. The molecule has 3 aromatic rings. The van der Waals surface area contributed by atoms with Crippen molar-refractivity contribution >= 4 is 45.4 Å². The molecule has 1 heterocycles. The fourth-order valence-corrected chi connectivity index (χ4v) is 7.21. The van der Waals surface area contributed by atoms with Crippen molar-refractivity contribution in [2.24, 2.45) is 0 Å². The van der Waals surface area contributed by atoms with E-state index >= 15 is 0 Å². The van der Waals surface area contributed by atoms with Crippen molar-refractivity contribution in [1.29, 1.82) is 0 Å². The number of rotatable bonds is 11. The Bertz CT molecular complexity index is 1560. The van der Waals surface area contributed by atoms with Gasteiger partial charge in [0.15, 0.2) is 28.6 Å². The number of benzene rings is 2. The molecule has 0 radical (unpaired) electrons. The normalized spacial score (nSPS) is 20.5. The van der Waals surface area contributed by atoms with Gasteiger partial charge in [-0.3, -0.25) is 9.59 Å². The van der Waals surface area contributed by atoms with Crippen LogP contribution in [0.15, 0.2) is 52.5 Å². The Morgan fingerprint density at radius 1 is 1.04 bits per heavy atom. The number of hydrogen-bond donors (Lipinski definition) is 4. The van der Waals surface area contributed by atoms with Crippen molar-refractivity contribution in [2.75, 3.05) is 27.4 Å². The number of furan rings is 1. The van der Waals surface area contributed by atoms with Gasteiger partial charge in [-0.05, 0) is 71.3 Å². The van der Waals surface area contributed by atoms with E-state index < -0.39 is 24.2 Å². The van der Waals surface area contributed by atoms with E-state index in [1.54, 1.807) is 42.4 Å². The molecule has 1 saturated carbocycles. The number of amides is 2. The van der Waals surface area contributed by atoms with E-state index in [0.717, 1.165) is 38.5 Å². The zero-order valence-corrected chi connectivity index (χ0v) is 28.2. The Hall–Kier alpha value is -3.33. The van der Waals surface area contributed by atoms with E-state index in [1.165, 1.54) is 7.11 Å². The number of aliphatic hydroxyl groups is 3. The van der Waals surface area contributed by atoms with Gasteiger partial charge in [-0.1, -0.05) is 37.8 Å². The highest BCUT2D eigenvalue weighted by Crippen LogP contribution is 2.39. The molecule has 0 unspecified atom stereocenters. The number of methoxy groups -OCH3 is 2. The Labute approximate surface area is 281 Å². The predicted octanol–water partition coefficient (Wildman–Crippen LogP) is 4.33. The Morgan fingerprint density at radius 3 is 2.46 bits per heavy atom. The first-order valence-corrected chi connectivity index (χ1v) is 16.7. The van der Waals surface area contributed by atoms with Gasteiger partial charge in [0.25, 0.3) is 5.91 Å². The molecule has 5 rings (SSSR count). The molecule has 2 aliphatic carbocycles. The zero-order chi connectivity index (χ0) is 32.8. The van der Waals surface area contributed by atoms with Crippen molar-refractivity contribution in [1.82, 2.24) is 10.2 Å². The molecule has 248 valence electrons. The summed E-state index contributed by atoms with van der Waals surface area (Å²) in [5, 5.41) is 34.5. The second kappa shape index (κ2) is 15.5. The van der Waals surface area contributed by atoms with Crippen LogP contribution in [0.25, 0.3) is 11.0 Å². The average molecular weight is 749 g/mol. The Kier molecular flexibility index (Phi) is 11.5. The standard InChI is InChI=1S/C34H41IN2O9/c1-43-26-11-7-8-21-17-29(46-31(21)26)34(42)37(23-9-5-3-4-6-10-23)25-16-22(33(41)36-12-13-38)18-27(30(25)40)45-32-24(35)14-20(19-39)15-28(32)44-2/h7-8,11,14-15,17-18,23,25,27,30,38-40H,3-6,9-10,12-13,16,19H2,1-2H3,(H,36,41)/t25-,27+,30+/m1/s1. The van der Waals surface area contributed by atoms with Crippen LogP contribution in [0.3, 0.4) is 0 Å². The van der Waals surface area contributed by atoms with Crippen LogP contribution >= 0.6 is 22.6 Å². The number of ether oxygens (including phenoxy) is 3. The molecule has 2 aromatic carbocycles. The van der Waals surface area contributed by atoms with E-state index in [0.29, 0.717) is 42.9 Å². The molecule has 1 fully saturated rings. The summed E-state index contributed by atoms with van der Waals surface area (Å²) in [6.45, 7) is -0.378. The van der Waals surface area contributed by atoms with Gasteiger partial charge in [-0.2, -0.15) is 0 Å². The monoisotopic (exact) mass is 748 g/mol. The van der Waals surface area contributed by atoms with Crippen LogP contribution in [0.4, 0.5) is 0 Å². The SMILES string of the molecule is COc1cc(CO)cc(I)c1O[C@H]1C=C(C(=O)NCCO)C[C@@H](N(C(=O)c2cc3cccc(OC)c3o2)C2CCCCCC2)[C@@H]1O.